The Balaban J connectivity index is 1.92. The third kappa shape index (κ3) is 3.10. The molecule has 19 heavy (non-hydrogen) atoms. The molecule has 104 valence electrons. The fourth-order valence-electron chi connectivity index (χ4n) is 2.22. The summed E-state index contributed by atoms with van der Waals surface area (Å²) in [5.41, 5.74) is 0. The van der Waals surface area contributed by atoms with Crippen molar-refractivity contribution in [3.63, 3.8) is 0 Å². The lowest BCUT2D eigenvalue weighted by molar-refractivity contribution is -0.141. The van der Waals surface area contributed by atoms with Crippen molar-refractivity contribution in [2.75, 3.05) is 0 Å². The largest absolute Gasteiger partial charge is 0.481 e. The average Bonchev–Trinajstić information content (AvgIpc) is 2.96. The van der Waals surface area contributed by atoms with Gasteiger partial charge in [-0.15, -0.1) is 5.10 Å². The Kier molecular flexibility index (Phi) is 3.82. The van der Waals surface area contributed by atoms with Crippen molar-refractivity contribution < 1.29 is 14.7 Å². The summed E-state index contributed by atoms with van der Waals surface area (Å²) in [6.45, 7) is 3.91. The maximum atomic E-state index is 11.9. The molecule has 1 aromatic heterocycles. The molecule has 1 amide bonds. The maximum absolute atomic E-state index is 11.9. The van der Waals surface area contributed by atoms with E-state index >= 15 is 0 Å². The second-order valence-electron chi connectivity index (χ2n) is 5.22. The van der Waals surface area contributed by atoms with Crippen LogP contribution in [0.5, 0.6) is 0 Å². The highest BCUT2D eigenvalue weighted by Gasteiger charge is 2.31. The first-order valence-corrected chi connectivity index (χ1v) is 6.43. The van der Waals surface area contributed by atoms with Crippen LogP contribution in [0.2, 0.25) is 0 Å². The van der Waals surface area contributed by atoms with Gasteiger partial charge in [0.05, 0.1) is 5.92 Å². The molecule has 0 saturated heterocycles. The lowest BCUT2D eigenvalue weighted by atomic mass is 10.1. The first-order chi connectivity index (χ1) is 8.97. The topological polar surface area (TPSA) is 108 Å². The van der Waals surface area contributed by atoms with Gasteiger partial charge in [-0.1, -0.05) is 13.8 Å². The number of aromatic amines is 1. The van der Waals surface area contributed by atoms with E-state index in [1.807, 2.05) is 13.8 Å². The number of hydrogen-bond acceptors (Lipinski definition) is 4. The Morgan fingerprint density at radius 3 is 2.68 bits per heavy atom. The molecule has 1 aliphatic rings. The number of aliphatic carboxylic acids is 1. The molecule has 3 N–H and O–H groups in total. The van der Waals surface area contributed by atoms with Gasteiger partial charge in [0, 0.05) is 12.0 Å². The van der Waals surface area contributed by atoms with Crippen LogP contribution in [0.15, 0.2) is 0 Å². The highest BCUT2D eigenvalue weighted by molar-refractivity contribution is 5.90. The molecule has 0 spiro atoms. The van der Waals surface area contributed by atoms with Crippen molar-refractivity contribution in [3.8, 4) is 0 Å². The zero-order valence-corrected chi connectivity index (χ0v) is 11.0. The second-order valence-corrected chi connectivity index (χ2v) is 5.22. The first kappa shape index (κ1) is 13.5. The van der Waals surface area contributed by atoms with Gasteiger partial charge in [0.2, 0.25) is 5.82 Å². The van der Waals surface area contributed by atoms with E-state index in [1.54, 1.807) is 0 Å². The van der Waals surface area contributed by atoms with Crippen LogP contribution in [0.25, 0.3) is 0 Å². The van der Waals surface area contributed by atoms with Crippen molar-refractivity contribution in [1.82, 2.24) is 20.5 Å². The normalized spacial score (nSPS) is 22.7. The Morgan fingerprint density at radius 2 is 2.16 bits per heavy atom. The minimum atomic E-state index is -0.795. The van der Waals surface area contributed by atoms with Crippen molar-refractivity contribution in [2.24, 2.45) is 5.92 Å². The van der Waals surface area contributed by atoms with Crippen LogP contribution in [0, 0.1) is 5.92 Å². The summed E-state index contributed by atoms with van der Waals surface area (Å²) < 4.78 is 0. The Morgan fingerprint density at radius 1 is 1.42 bits per heavy atom. The number of aromatic nitrogens is 3. The average molecular weight is 266 g/mol. The van der Waals surface area contributed by atoms with Gasteiger partial charge in [0.15, 0.2) is 0 Å². The summed E-state index contributed by atoms with van der Waals surface area (Å²) in [6, 6.07) is -0.102. The number of H-pyrrole nitrogens is 1. The fourth-order valence-corrected chi connectivity index (χ4v) is 2.22. The summed E-state index contributed by atoms with van der Waals surface area (Å²) in [5.74, 6) is -0.543. The van der Waals surface area contributed by atoms with Crippen LogP contribution in [0.3, 0.4) is 0 Å². The number of hydrogen-bond donors (Lipinski definition) is 3. The number of rotatable bonds is 4. The number of nitrogens with one attached hydrogen (secondary N) is 2. The van der Waals surface area contributed by atoms with Gasteiger partial charge < -0.3 is 10.4 Å². The third-order valence-corrected chi connectivity index (χ3v) is 3.37. The smallest absolute Gasteiger partial charge is 0.306 e. The maximum Gasteiger partial charge on any atom is 0.306 e. The Labute approximate surface area is 110 Å². The molecule has 1 aliphatic carbocycles. The second kappa shape index (κ2) is 5.38. The molecule has 7 nitrogen and oxygen atoms in total. The quantitative estimate of drug-likeness (QED) is 0.750. The third-order valence-electron chi connectivity index (χ3n) is 3.37. The van der Waals surface area contributed by atoms with E-state index in [0.29, 0.717) is 25.1 Å². The van der Waals surface area contributed by atoms with Gasteiger partial charge in [0.25, 0.3) is 5.91 Å². The predicted molar refractivity (Wildman–Crippen MR) is 66.7 cm³/mol. The lowest BCUT2D eigenvalue weighted by Crippen LogP contribution is -2.34. The van der Waals surface area contributed by atoms with Crippen LogP contribution in [0.1, 0.15) is 55.5 Å². The molecule has 0 aliphatic heterocycles. The van der Waals surface area contributed by atoms with E-state index in [2.05, 4.69) is 20.5 Å². The van der Waals surface area contributed by atoms with Gasteiger partial charge >= 0.3 is 5.97 Å². The Hall–Kier alpha value is -1.92. The van der Waals surface area contributed by atoms with E-state index in [4.69, 9.17) is 5.11 Å². The highest BCUT2D eigenvalue weighted by Crippen LogP contribution is 2.25. The van der Waals surface area contributed by atoms with Gasteiger partial charge in [-0.25, -0.2) is 4.98 Å². The van der Waals surface area contributed by atoms with E-state index in [0.717, 1.165) is 0 Å². The molecule has 7 heteroatoms. The van der Waals surface area contributed by atoms with Crippen LogP contribution in [-0.2, 0) is 4.79 Å². The van der Waals surface area contributed by atoms with E-state index in [9.17, 15) is 9.59 Å². The zero-order valence-electron chi connectivity index (χ0n) is 11.0. The van der Waals surface area contributed by atoms with Crippen LogP contribution >= 0.6 is 0 Å². The SMILES string of the molecule is CC(C)c1nc(C(=O)N[C@H]2CC[C@@H](C(=O)O)C2)n[nH]1. The standard InChI is InChI=1S/C12H18N4O3/c1-6(2)9-14-10(16-15-9)11(17)13-8-4-3-7(5-8)12(18)19/h6-8H,3-5H2,1-2H3,(H,13,17)(H,18,19)(H,14,15,16)/t7-,8+/m1/s1. The molecule has 1 fully saturated rings. The molecular weight excluding hydrogens is 248 g/mol. The summed E-state index contributed by atoms with van der Waals surface area (Å²) in [4.78, 5) is 26.9. The van der Waals surface area contributed by atoms with Gasteiger partial charge in [-0.3, -0.25) is 14.7 Å². The number of carbonyl (C=O) groups excluding carboxylic acids is 1. The minimum absolute atomic E-state index is 0.102. The lowest BCUT2D eigenvalue weighted by Gasteiger charge is -2.10. The molecule has 0 unspecified atom stereocenters. The summed E-state index contributed by atoms with van der Waals surface area (Å²) >= 11 is 0. The van der Waals surface area contributed by atoms with Crippen molar-refractivity contribution in [2.45, 2.75) is 45.1 Å². The predicted octanol–water partition coefficient (Wildman–Crippen LogP) is 0.911. The van der Waals surface area contributed by atoms with Crippen molar-refractivity contribution >= 4 is 11.9 Å². The highest BCUT2D eigenvalue weighted by atomic mass is 16.4. The molecule has 2 rings (SSSR count). The van der Waals surface area contributed by atoms with Crippen molar-refractivity contribution in [3.05, 3.63) is 11.6 Å². The monoisotopic (exact) mass is 266 g/mol. The van der Waals surface area contributed by atoms with Gasteiger partial charge in [0.1, 0.15) is 5.82 Å². The molecule has 2 atom stereocenters. The van der Waals surface area contributed by atoms with E-state index in [-0.39, 0.29) is 29.6 Å². The van der Waals surface area contributed by atoms with Crippen LogP contribution in [0.4, 0.5) is 0 Å². The number of nitrogens with zero attached hydrogens (tertiary/aromatic N) is 2. The molecule has 1 saturated carbocycles. The zero-order chi connectivity index (χ0) is 14.0. The van der Waals surface area contributed by atoms with Crippen LogP contribution in [-0.4, -0.2) is 38.2 Å². The number of carbonyl (C=O) groups is 2. The molecule has 0 radical (unpaired) electrons. The summed E-state index contributed by atoms with van der Waals surface area (Å²) in [6.07, 6.45) is 1.76. The molecular formula is C12H18N4O3. The fraction of sp³-hybridized carbons (Fsp3) is 0.667. The number of carboxylic acid groups (broad SMARTS) is 1. The van der Waals surface area contributed by atoms with Crippen molar-refractivity contribution in [1.29, 1.82) is 0 Å². The summed E-state index contributed by atoms with van der Waals surface area (Å²) in [5, 5.41) is 18.3. The molecule has 0 aromatic carbocycles. The molecule has 1 heterocycles. The van der Waals surface area contributed by atoms with E-state index in [1.165, 1.54) is 0 Å². The summed E-state index contributed by atoms with van der Waals surface area (Å²) in [7, 11) is 0. The minimum Gasteiger partial charge on any atom is -0.481 e. The van der Waals surface area contributed by atoms with Crippen LogP contribution < -0.4 is 5.32 Å². The molecule has 0 bridgehead atoms. The Bertz CT molecular complexity index is 483. The number of amides is 1. The van der Waals surface area contributed by atoms with E-state index < -0.39 is 5.97 Å². The van der Waals surface area contributed by atoms with Gasteiger partial charge in [-0.2, -0.15) is 0 Å². The first-order valence-electron chi connectivity index (χ1n) is 6.43. The van der Waals surface area contributed by atoms with Gasteiger partial charge in [-0.05, 0) is 19.3 Å². The molecule has 1 aromatic rings. The number of carboxylic acids is 1.